The largest absolute Gasteiger partial charge is 0.506 e. The monoisotopic (exact) mass is 441 g/mol. The number of phenolic OH excluding ortho intramolecular Hbond substituents is 1. The lowest BCUT2D eigenvalue weighted by atomic mass is 10.2. The van der Waals surface area contributed by atoms with Gasteiger partial charge in [0.05, 0.1) is 10.7 Å². The summed E-state index contributed by atoms with van der Waals surface area (Å²) in [5.74, 6) is 0.122. The summed E-state index contributed by atoms with van der Waals surface area (Å²) in [5, 5.41) is 17.4. The minimum atomic E-state index is 0.122. The molecule has 0 fully saturated rings. The number of nitrogens with one attached hydrogen (secondary N) is 2. The summed E-state index contributed by atoms with van der Waals surface area (Å²) < 4.78 is 1.43. The van der Waals surface area contributed by atoms with Crippen LogP contribution < -0.4 is 10.7 Å². The fourth-order valence-corrected chi connectivity index (χ4v) is 3.05. The van der Waals surface area contributed by atoms with E-state index in [9.17, 15) is 5.11 Å². The maximum atomic E-state index is 9.90. The number of benzene rings is 2. The Balaban J connectivity index is 1.88. The van der Waals surface area contributed by atoms with Gasteiger partial charge < -0.3 is 10.4 Å². The SMILES string of the molecule is Oc1c(Br)cc(Br)cc1/C=N/NC(=S)NCc1ccccc1. The molecule has 0 aromatic heterocycles. The molecular formula is C15H13Br2N3OS. The van der Waals surface area contributed by atoms with Gasteiger partial charge in [-0.05, 0) is 45.8 Å². The van der Waals surface area contributed by atoms with Crippen LogP contribution in [0.2, 0.25) is 0 Å². The van der Waals surface area contributed by atoms with Crippen LogP contribution in [0.1, 0.15) is 11.1 Å². The van der Waals surface area contributed by atoms with Crippen LogP contribution in [-0.4, -0.2) is 16.4 Å². The molecule has 2 aromatic carbocycles. The number of hydrazone groups is 1. The van der Waals surface area contributed by atoms with E-state index in [1.54, 1.807) is 12.1 Å². The summed E-state index contributed by atoms with van der Waals surface area (Å²) >= 11 is 11.8. The molecule has 0 aliphatic heterocycles. The molecule has 0 aliphatic carbocycles. The fraction of sp³-hybridized carbons (Fsp3) is 0.0667. The van der Waals surface area contributed by atoms with E-state index in [-0.39, 0.29) is 5.75 Å². The maximum absolute atomic E-state index is 9.90. The van der Waals surface area contributed by atoms with Crippen LogP contribution in [0.4, 0.5) is 0 Å². The predicted molar refractivity (Wildman–Crippen MR) is 100 cm³/mol. The number of thiocarbonyl (C=S) groups is 1. The topological polar surface area (TPSA) is 56.7 Å². The first-order valence-electron chi connectivity index (χ1n) is 6.35. The third-order valence-electron chi connectivity index (χ3n) is 2.72. The molecule has 0 bridgehead atoms. The Hall–Kier alpha value is -1.44. The Morgan fingerprint density at radius 1 is 1.23 bits per heavy atom. The molecule has 3 N–H and O–H groups in total. The van der Waals surface area contributed by atoms with Crippen LogP contribution >= 0.6 is 44.1 Å². The highest BCUT2D eigenvalue weighted by Crippen LogP contribution is 2.30. The lowest BCUT2D eigenvalue weighted by Crippen LogP contribution is -2.31. The van der Waals surface area contributed by atoms with Gasteiger partial charge in [0.25, 0.3) is 0 Å². The molecule has 4 nitrogen and oxygen atoms in total. The van der Waals surface area contributed by atoms with Crippen molar-refractivity contribution in [3.8, 4) is 5.75 Å². The van der Waals surface area contributed by atoms with Gasteiger partial charge in [-0.25, -0.2) is 0 Å². The number of nitrogens with zero attached hydrogens (tertiary/aromatic N) is 1. The molecule has 0 saturated heterocycles. The van der Waals surface area contributed by atoms with Crippen molar-refractivity contribution in [1.29, 1.82) is 0 Å². The van der Waals surface area contributed by atoms with E-state index in [1.165, 1.54) is 6.21 Å². The molecule has 0 saturated carbocycles. The van der Waals surface area contributed by atoms with Gasteiger partial charge in [-0.3, -0.25) is 5.43 Å². The minimum Gasteiger partial charge on any atom is -0.506 e. The highest BCUT2D eigenvalue weighted by molar-refractivity contribution is 9.11. The summed E-state index contributed by atoms with van der Waals surface area (Å²) in [6.45, 7) is 0.621. The second kappa shape index (κ2) is 8.26. The molecule has 0 aliphatic rings. The molecule has 7 heteroatoms. The van der Waals surface area contributed by atoms with Crippen molar-refractivity contribution in [3.63, 3.8) is 0 Å². The summed E-state index contributed by atoms with van der Waals surface area (Å²) in [6.07, 6.45) is 1.50. The first-order chi connectivity index (χ1) is 10.6. The third-order valence-corrected chi connectivity index (χ3v) is 4.02. The van der Waals surface area contributed by atoms with Crippen molar-refractivity contribution >= 4 is 55.4 Å². The van der Waals surface area contributed by atoms with Crippen molar-refractivity contribution in [2.75, 3.05) is 0 Å². The first kappa shape index (κ1) is 16.9. The number of halogens is 2. The molecule has 114 valence electrons. The maximum Gasteiger partial charge on any atom is 0.187 e. The quantitative estimate of drug-likeness (QED) is 0.381. The van der Waals surface area contributed by atoms with Crippen molar-refractivity contribution in [1.82, 2.24) is 10.7 Å². The summed E-state index contributed by atoms with van der Waals surface area (Å²) in [4.78, 5) is 0. The molecule has 0 heterocycles. The summed E-state index contributed by atoms with van der Waals surface area (Å²) in [5.41, 5.74) is 4.41. The van der Waals surface area contributed by atoms with Crippen molar-refractivity contribution in [2.24, 2.45) is 5.10 Å². The summed E-state index contributed by atoms with van der Waals surface area (Å²) in [6, 6.07) is 13.4. The van der Waals surface area contributed by atoms with Crippen LogP contribution in [0.3, 0.4) is 0 Å². The third kappa shape index (κ3) is 5.08. The van der Waals surface area contributed by atoms with Gasteiger partial charge in [-0.15, -0.1) is 0 Å². The smallest absolute Gasteiger partial charge is 0.187 e. The molecule has 2 rings (SSSR count). The highest BCUT2D eigenvalue weighted by atomic mass is 79.9. The Morgan fingerprint density at radius 3 is 2.68 bits per heavy atom. The van der Waals surface area contributed by atoms with Gasteiger partial charge in [-0.2, -0.15) is 5.10 Å². The van der Waals surface area contributed by atoms with Crippen LogP contribution in [0.25, 0.3) is 0 Å². The molecule has 0 amide bonds. The van der Waals surface area contributed by atoms with Crippen LogP contribution in [0, 0.1) is 0 Å². The first-order valence-corrected chi connectivity index (χ1v) is 8.34. The number of hydrogen-bond donors (Lipinski definition) is 3. The van der Waals surface area contributed by atoms with Crippen LogP contribution in [0.15, 0.2) is 56.5 Å². The number of phenols is 1. The zero-order valence-corrected chi connectivity index (χ0v) is 15.4. The lowest BCUT2D eigenvalue weighted by molar-refractivity contribution is 0.471. The van der Waals surface area contributed by atoms with E-state index in [4.69, 9.17) is 12.2 Å². The summed E-state index contributed by atoms with van der Waals surface area (Å²) in [7, 11) is 0. The van der Waals surface area contributed by atoms with Gasteiger partial charge in [0.1, 0.15) is 5.75 Å². The predicted octanol–water partition coefficient (Wildman–Crippen LogP) is 3.92. The molecule has 0 radical (unpaired) electrons. The lowest BCUT2D eigenvalue weighted by Gasteiger charge is -2.07. The van der Waals surface area contributed by atoms with Gasteiger partial charge >= 0.3 is 0 Å². The van der Waals surface area contributed by atoms with E-state index in [0.29, 0.717) is 21.7 Å². The second-order valence-electron chi connectivity index (χ2n) is 4.36. The zero-order valence-electron chi connectivity index (χ0n) is 11.4. The number of rotatable bonds is 4. The standard InChI is InChI=1S/C15H13Br2N3OS/c16-12-6-11(14(21)13(17)7-12)9-19-20-15(22)18-8-10-4-2-1-3-5-10/h1-7,9,21H,8H2,(H2,18,20,22)/b19-9+. The van der Waals surface area contributed by atoms with Gasteiger partial charge in [0.15, 0.2) is 5.11 Å². The Kier molecular flexibility index (Phi) is 6.35. The number of hydrogen-bond acceptors (Lipinski definition) is 3. The average molecular weight is 443 g/mol. The van der Waals surface area contributed by atoms with E-state index < -0.39 is 0 Å². The van der Waals surface area contributed by atoms with Gasteiger partial charge in [-0.1, -0.05) is 46.3 Å². The molecule has 22 heavy (non-hydrogen) atoms. The fourth-order valence-electron chi connectivity index (χ4n) is 1.66. The normalized spacial score (nSPS) is 10.6. The second-order valence-corrected chi connectivity index (χ2v) is 6.54. The van der Waals surface area contributed by atoms with Crippen LogP contribution in [0.5, 0.6) is 5.75 Å². The average Bonchev–Trinajstić information content (AvgIpc) is 2.51. The molecule has 0 spiro atoms. The van der Waals surface area contributed by atoms with Gasteiger partial charge in [0.2, 0.25) is 0 Å². The van der Waals surface area contributed by atoms with Crippen LogP contribution in [-0.2, 0) is 6.54 Å². The van der Waals surface area contributed by atoms with Gasteiger partial charge in [0, 0.05) is 16.6 Å². The van der Waals surface area contributed by atoms with E-state index in [0.717, 1.165) is 10.0 Å². The molecule has 0 atom stereocenters. The molecular weight excluding hydrogens is 430 g/mol. The molecule has 2 aromatic rings. The molecule has 0 unspecified atom stereocenters. The number of aromatic hydroxyl groups is 1. The van der Waals surface area contributed by atoms with E-state index in [2.05, 4.69) is 47.7 Å². The van der Waals surface area contributed by atoms with E-state index >= 15 is 0 Å². The van der Waals surface area contributed by atoms with Crippen molar-refractivity contribution < 1.29 is 5.11 Å². The van der Waals surface area contributed by atoms with Crippen molar-refractivity contribution in [3.05, 3.63) is 62.5 Å². The Labute approximate surface area is 150 Å². The zero-order chi connectivity index (χ0) is 15.9. The minimum absolute atomic E-state index is 0.122. The Morgan fingerprint density at radius 2 is 1.95 bits per heavy atom. The van der Waals surface area contributed by atoms with E-state index in [1.807, 2.05) is 30.3 Å². The highest BCUT2D eigenvalue weighted by Gasteiger charge is 2.05. The van der Waals surface area contributed by atoms with Crippen molar-refractivity contribution in [2.45, 2.75) is 6.54 Å². The Bertz CT molecular complexity index is 693.